The van der Waals surface area contributed by atoms with E-state index in [4.69, 9.17) is 20.0 Å². The van der Waals surface area contributed by atoms with E-state index in [1.807, 2.05) is 25.3 Å². The number of benzene rings is 1. The molecule has 0 radical (unpaired) electrons. The van der Waals surface area contributed by atoms with E-state index < -0.39 is 6.10 Å². The summed E-state index contributed by atoms with van der Waals surface area (Å²) in [5.74, 6) is 2.82. The van der Waals surface area contributed by atoms with Crippen molar-refractivity contribution in [2.45, 2.75) is 52.6 Å². The van der Waals surface area contributed by atoms with E-state index in [0.29, 0.717) is 11.7 Å². The molecule has 1 aromatic carbocycles. The van der Waals surface area contributed by atoms with Crippen LogP contribution in [0.25, 0.3) is 22.8 Å². The summed E-state index contributed by atoms with van der Waals surface area (Å²) < 4.78 is 11.5. The molecule has 3 aromatic rings. The van der Waals surface area contributed by atoms with E-state index in [9.17, 15) is 5.11 Å². The fourth-order valence-electron chi connectivity index (χ4n) is 4.24. The predicted octanol–water partition coefficient (Wildman–Crippen LogP) is 3.53. The Hall–Kier alpha value is -2.97. The number of aliphatic hydroxyl groups excluding tert-OH is 1. The van der Waals surface area contributed by atoms with Gasteiger partial charge in [0.1, 0.15) is 24.3 Å². The highest BCUT2D eigenvalue weighted by Crippen LogP contribution is 2.32. The number of aromatic nitrogens is 3. The molecule has 0 spiro atoms. The van der Waals surface area contributed by atoms with Crippen LogP contribution >= 0.6 is 0 Å². The molecule has 1 saturated heterocycles. The quantitative estimate of drug-likeness (QED) is 0.508. The van der Waals surface area contributed by atoms with Crippen LogP contribution in [0.15, 0.2) is 28.9 Å². The van der Waals surface area contributed by atoms with Crippen LogP contribution in [-0.4, -0.2) is 52.6 Å². The molecule has 33 heavy (non-hydrogen) atoms. The van der Waals surface area contributed by atoms with Crippen molar-refractivity contribution in [3.63, 3.8) is 0 Å². The Balaban J connectivity index is 1.60. The largest absolute Gasteiger partial charge is 0.490 e. The lowest BCUT2D eigenvalue weighted by atomic mass is 10.0. The van der Waals surface area contributed by atoms with Crippen molar-refractivity contribution in [2.75, 3.05) is 31.1 Å². The first kappa shape index (κ1) is 23.2. The average molecular weight is 452 g/mol. The maximum absolute atomic E-state index is 9.74. The Morgan fingerprint density at radius 3 is 2.55 bits per heavy atom. The van der Waals surface area contributed by atoms with Crippen LogP contribution in [0.1, 0.15) is 43.4 Å². The van der Waals surface area contributed by atoms with Gasteiger partial charge < -0.3 is 25.0 Å². The van der Waals surface area contributed by atoms with Crippen LogP contribution in [0, 0.1) is 6.92 Å². The van der Waals surface area contributed by atoms with Crippen LogP contribution in [0.3, 0.4) is 0 Å². The van der Waals surface area contributed by atoms with Gasteiger partial charge in [0.2, 0.25) is 5.82 Å². The third-order valence-electron chi connectivity index (χ3n) is 6.09. The highest BCUT2D eigenvalue weighted by Gasteiger charge is 2.20. The van der Waals surface area contributed by atoms with Crippen molar-refractivity contribution < 1.29 is 14.4 Å². The molecular formula is C25H33N5O3. The molecule has 0 saturated carbocycles. The van der Waals surface area contributed by atoms with E-state index in [1.54, 1.807) is 0 Å². The number of aryl methyl sites for hydroxylation is 3. The lowest BCUT2D eigenvalue weighted by molar-refractivity contribution is 0.113. The molecular weight excluding hydrogens is 418 g/mol. The SMILES string of the molecule is CCc1cc(-c2nc(-c3cc(C)c(OC[C@@H](O)CN)c(CC)c3)no2)cnc1N1CCCC1. The molecule has 8 nitrogen and oxygen atoms in total. The molecule has 1 aliphatic heterocycles. The average Bonchev–Trinajstić information content (AvgIpc) is 3.55. The molecule has 0 bridgehead atoms. The Bertz CT molecular complexity index is 1090. The summed E-state index contributed by atoms with van der Waals surface area (Å²) in [5, 5.41) is 14.0. The summed E-state index contributed by atoms with van der Waals surface area (Å²) >= 11 is 0. The Labute approximate surface area is 194 Å². The molecule has 3 heterocycles. The summed E-state index contributed by atoms with van der Waals surface area (Å²) in [4.78, 5) is 11.7. The van der Waals surface area contributed by atoms with Gasteiger partial charge in [-0.3, -0.25) is 0 Å². The zero-order valence-electron chi connectivity index (χ0n) is 19.7. The van der Waals surface area contributed by atoms with Gasteiger partial charge in [-0.15, -0.1) is 0 Å². The number of anilines is 1. The number of aliphatic hydroxyl groups is 1. The second kappa shape index (κ2) is 10.3. The van der Waals surface area contributed by atoms with Crippen molar-refractivity contribution in [1.29, 1.82) is 0 Å². The number of nitrogens with two attached hydrogens (primary N) is 1. The summed E-state index contributed by atoms with van der Waals surface area (Å²) in [6.45, 7) is 8.63. The summed E-state index contributed by atoms with van der Waals surface area (Å²) in [6.07, 6.45) is 5.24. The van der Waals surface area contributed by atoms with Crippen molar-refractivity contribution in [1.82, 2.24) is 15.1 Å². The molecule has 0 unspecified atom stereocenters. The molecule has 0 aliphatic carbocycles. The van der Waals surface area contributed by atoms with E-state index in [-0.39, 0.29) is 13.2 Å². The second-order valence-electron chi connectivity index (χ2n) is 8.51. The molecule has 8 heteroatoms. The van der Waals surface area contributed by atoms with Gasteiger partial charge in [-0.1, -0.05) is 19.0 Å². The molecule has 1 aliphatic rings. The number of hydrogen-bond donors (Lipinski definition) is 2. The number of ether oxygens (including phenoxy) is 1. The van der Waals surface area contributed by atoms with Crippen LogP contribution in [0.2, 0.25) is 0 Å². The second-order valence-corrected chi connectivity index (χ2v) is 8.51. The van der Waals surface area contributed by atoms with Gasteiger partial charge in [0.15, 0.2) is 0 Å². The third kappa shape index (κ3) is 5.02. The maximum Gasteiger partial charge on any atom is 0.259 e. The van der Waals surface area contributed by atoms with E-state index >= 15 is 0 Å². The van der Waals surface area contributed by atoms with Gasteiger partial charge in [0.05, 0.1) is 5.56 Å². The zero-order valence-corrected chi connectivity index (χ0v) is 19.7. The van der Waals surface area contributed by atoms with E-state index in [2.05, 4.69) is 35.0 Å². The highest BCUT2D eigenvalue weighted by molar-refractivity contribution is 5.65. The Morgan fingerprint density at radius 2 is 1.85 bits per heavy atom. The molecule has 4 rings (SSSR count). The van der Waals surface area contributed by atoms with E-state index in [0.717, 1.165) is 59.8 Å². The normalized spacial score (nSPS) is 14.6. The van der Waals surface area contributed by atoms with Gasteiger partial charge >= 0.3 is 0 Å². The Kier molecular flexibility index (Phi) is 7.25. The van der Waals surface area contributed by atoms with Gasteiger partial charge in [-0.2, -0.15) is 4.98 Å². The highest BCUT2D eigenvalue weighted by atomic mass is 16.5. The number of rotatable bonds is 9. The number of nitrogens with zero attached hydrogens (tertiary/aromatic N) is 4. The van der Waals surface area contributed by atoms with Crippen molar-refractivity contribution in [2.24, 2.45) is 5.73 Å². The lowest BCUT2D eigenvalue weighted by Gasteiger charge is -2.19. The van der Waals surface area contributed by atoms with Gasteiger partial charge in [-0.25, -0.2) is 4.98 Å². The van der Waals surface area contributed by atoms with Gasteiger partial charge in [0.25, 0.3) is 5.89 Å². The van der Waals surface area contributed by atoms with Crippen molar-refractivity contribution >= 4 is 5.82 Å². The van der Waals surface area contributed by atoms with E-state index in [1.165, 1.54) is 18.4 Å². The molecule has 0 amide bonds. The number of hydrogen-bond acceptors (Lipinski definition) is 8. The minimum absolute atomic E-state index is 0.163. The molecule has 1 fully saturated rings. The minimum Gasteiger partial charge on any atom is -0.490 e. The van der Waals surface area contributed by atoms with Crippen LogP contribution < -0.4 is 15.4 Å². The standard InChI is InChI=1S/C25H33N5O3/c1-4-17-11-19(10-16(3)22(17)32-15-21(31)13-26)23-28-25(33-29-23)20-12-18(5-2)24(27-14-20)30-8-6-7-9-30/h10-12,14,21,31H,4-9,13,15,26H2,1-3H3/t21-/m0/s1. The molecule has 1 atom stereocenters. The topological polar surface area (TPSA) is 111 Å². The Morgan fingerprint density at radius 1 is 1.12 bits per heavy atom. The number of pyridine rings is 1. The van der Waals surface area contributed by atoms with Crippen LogP contribution in [0.5, 0.6) is 5.75 Å². The molecule has 2 aromatic heterocycles. The van der Waals surface area contributed by atoms with Crippen molar-refractivity contribution in [3.8, 4) is 28.6 Å². The first-order valence-electron chi connectivity index (χ1n) is 11.8. The third-order valence-corrected chi connectivity index (χ3v) is 6.09. The van der Waals surface area contributed by atoms with Gasteiger partial charge in [0, 0.05) is 31.4 Å². The van der Waals surface area contributed by atoms with Gasteiger partial charge in [-0.05, 0) is 67.5 Å². The molecule has 3 N–H and O–H groups in total. The monoisotopic (exact) mass is 451 g/mol. The van der Waals surface area contributed by atoms with Crippen molar-refractivity contribution in [3.05, 3.63) is 41.1 Å². The first-order chi connectivity index (χ1) is 16.0. The zero-order chi connectivity index (χ0) is 23.4. The fourth-order valence-corrected chi connectivity index (χ4v) is 4.24. The predicted molar refractivity (Wildman–Crippen MR) is 128 cm³/mol. The maximum atomic E-state index is 9.74. The lowest BCUT2D eigenvalue weighted by Crippen LogP contribution is -2.27. The van der Waals surface area contributed by atoms with Crippen LogP contribution in [0.4, 0.5) is 5.82 Å². The molecule has 176 valence electrons. The summed E-state index contributed by atoms with van der Waals surface area (Å²) in [5.41, 5.74) is 10.3. The fraction of sp³-hybridized carbons (Fsp3) is 0.480. The smallest absolute Gasteiger partial charge is 0.259 e. The first-order valence-corrected chi connectivity index (χ1v) is 11.8. The van der Waals surface area contributed by atoms with Crippen LogP contribution in [-0.2, 0) is 12.8 Å². The summed E-state index contributed by atoms with van der Waals surface area (Å²) in [6, 6.07) is 6.10. The summed E-state index contributed by atoms with van der Waals surface area (Å²) in [7, 11) is 0. The minimum atomic E-state index is -0.688.